The molecule has 34 heavy (non-hydrogen) atoms. The summed E-state index contributed by atoms with van der Waals surface area (Å²) < 4.78 is 7.99. The van der Waals surface area contributed by atoms with E-state index in [2.05, 4.69) is 89.0 Å². The minimum Gasteiger partial charge on any atom is -0.467 e. The van der Waals surface area contributed by atoms with Crippen molar-refractivity contribution in [1.82, 2.24) is 19.8 Å². The number of aryl methyl sites for hydroxylation is 1. The summed E-state index contributed by atoms with van der Waals surface area (Å²) in [5, 5.41) is 4.24. The van der Waals surface area contributed by atoms with Gasteiger partial charge in [-0.2, -0.15) is 0 Å². The minimum absolute atomic E-state index is 0.0199. The fraction of sp³-hybridized carbons (Fsp3) is 0.259. The highest BCUT2D eigenvalue weighted by atomic mass is 32.1. The molecule has 1 aromatic carbocycles. The molecule has 7 heteroatoms. The first-order chi connectivity index (χ1) is 16.4. The summed E-state index contributed by atoms with van der Waals surface area (Å²) in [5.41, 5.74) is 6.89. The third-order valence-electron chi connectivity index (χ3n) is 6.52. The molecule has 0 saturated carbocycles. The zero-order valence-electron chi connectivity index (χ0n) is 19.9. The Balaban J connectivity index is 1.59. The van der Waals surface area contributed by atoms with Crippen LogP contribution in [0, 0.1) is 13.8 Å². The normalized spacial score (nSPS) is 17.8. The lowest BCUT2D eigenvalue weighted by Gasteiger charge is -2.27. The van der Waals surface area contributed by atoms with Crippen molar-refractivity contribution < 1.29 is 4.42 Å². The molecule has 0 amide bonds. The Labute approximate surface area is 205 Å². The molecule has 1 saturated heterocycles. The summed E-state index contributed by atoms with van der Waals surface area (Å²) in [5.74, 6) is 0.879. The Morgan fingerprint density at radius 1 is 1.06 bits per heavy atom. The molecule has 5 rings (SSSR count). The van der Waals surface area contributed by atoms with Gasteiger partial charge in [0.25, 0.3) is 0 Å². The average molecular weight is 472 g/mol. The summed E-state index contributed by atoms with van der Waals surface area (Å²) in [6.45, 7) is 4.93. The molecule has 1 N–H and O–H groups in total. The van der Waals surface area contributed by atoms with Gasteiger partial charge in [0.1, 0.15) is 5.76 Å². The highest BCUT2D eigenvalue weighted by Gasteiger charge is 2.41. The first-order valence-electron chi connectivity index (χ1n) is 11.4. The Bertz CT molecular complexity index is 1280. The van der Waals surface area contributed by atoms with E-state index in [-0.39, 0.29) is 12.1 Å². The predicted molar refractivity (Wildman–Crippen MR) is 139 cm³/mol. The largest absolute Gasteiger partial charge is 0.467 e. The van der Waals surface area contributed by atoms with Crippen LogP contribution in [0.4, 0.5) is 5.69 Å². The molecule has 2 atom stereocenters. The van der Waals surface area contributed by atoms with E-state index in [0.717, 1.165) is 17.1 Å². The second-order valence-corrected chi connectivity index (χ2v) is 9.29. The summed E-state index contributed by atoms with van der Waals surface area (Å²) in [6, 6.07) is 20.8. The third kappa shape index (κ3) is 3.96. The van der Waals surface area contributed by atoms with Gasteiger partial charge >= 0.3 is 0 Å². The standard InChI is InChI=1S/C27H29N5OS/c1-18-16-23(19(2)32(18)21-12-10-20(11-13-21)30(3)4)26-25(24-9-5-6-14-28-24)29-27(34)31(26)17-22-8-7-15-33-22/h5-16,25-26H,17H2,1-4H3,(H,29,34)/t25-,26-/m0/s1. The number of hydrogen-bond donors (Lipinski definition) is 1. The number of anilines is 1. The van der Waals surface area contributed by atoms with E-state index >= 15 is 0 Å². The van der Waals surface area contributed by atoms with Crippen LogP contribution in [0.5, 0.6) is 0 Å². The second-order valence-electron chi connectivity index (χ2n) is 8.91. The summed E-state index contributed by atoms with van der Waals surface area (Å²) >= 11 is 5.82. The highest BCUT2D eigenvalue weighted by Crippen LogP contribution is 2.42. The molecule has 0 spiro atoms. The Morgan fingerprint density at radius 3 is 2.50 bits per heavy atom. The van der Waals surface area contributed by atoms with Crippen LogP contribution >= 0.6 is 12.2 Å². The molecule has 1 aliphatic heterocycles. The first kappa shape index (κ1) is 22.2. The van der Waals surface area contributed by atoms with Crippen LogP contribution in [0.1, 0.15) is 40.5 Å². The fourth-order valence-corrected chi connectivity index (χ4v) is 5.17. The molecule has 1 aliphatic rings. The first-order valence-corrected chi connectivity index (χ1v) is 11.8. The number of pyridine rings is 1. The van der Waals surface area contributed by atoms with Crippen LogP contribution in [0.15, 0.2) is 77.5 Å². The van der Waals surface area contributed by atoms with E-state index in [9.17, 15) is 0 Å². The van der Waals surface area contributed by atoms with Gasteiger partial charge < -0.3 is 24.1 Å². The maximum absolute atomic E-state index is 5.82. The molecule has 6 nitrogen and oxygen atoms in total. The van der Waals surface area contributed by atoms with Crippen molar-refractivity contribution in [3.63, 3.8) is 0 Å². The van der Waals surface area contributed by atoms with Crippen molar-refractivity contribution in [2.45, 2.75) is 32.5 Å². The van der Waals surface area contributed by atoms with Crippen LogP contribution in [-0.4, -0.2) is 33.7 Å². The van der Waals surface area contributed by atoms with Gasteiger partial charge in [0.05, 0.1) is 30.6 Å². The van der Waals surface area contributed by atoms with Gasteiger partial charge in [0, 0.05) is 43.1 Å². The quantitative estimate of drug-likeness (QED) is 0.384. The fourth-order valence-electron chi connectivity index (χ4n) is 4.87. The third-order valence-corrected chi connectivity index (χ3v) is 6.87. The number of nitrogens with one attached hydrogen (secondary N) is 1. The molecule has 4 aromatic rings. The average Bonchev–Trinajstić information content (AvgIpc) is 3.54. The molecule has 0 unspecified atom stereocenters. The van der Waals surface area contributed by atoms with Crippen LogP contribution < -0.4 is 10.2 Å². The minimum atomic E-state index is -0.0614. The van der Waals surface area contributed by atoms with Crippen LogP contribution in [0.2, 0.25) is 0 Å². The van der Waals surface area contributed by atoms with Crippen molar-refractivity contribution >= 4 is 23.0 Å². The molecular formula is C27H29N5OS. The lowest BCUT2D eigenvalue weighted by atomic mass is 9.96. The molecule has 4 heterocycles. The molecule has 174 valence electrons. The van der Waals surface area contributed by atoms with Gasteiger partial charge in [0.15, 0.2) is 5.11 Å². The SMILES string of the molecule is Cc1cc([C@H]2[C@H](c3ccccn3)NC(=S)N2Cc2ccco2)c(C)n1-c1ccc(N(C)C)cc1. The van der Waals surface area contributed by atoms with E-state index in [1.807, 2.05) is 30.5 Å². The molecule has 0 radical (unpaired) electrons. The number of thiocarbonyl (C=S) groups is 1. The lowest BCUT2D eigenvalue weighted by molar-refractivity contribution is 0.286. The molecular weight excluding hydrogens is 442 g/mol. The zero-order valence-corrected chi connectivity index (χ0v) is 20.7. The van der Waals surface area contributed by atoms with Gasteiger partial charge in [0.2, 0.25) is 0 Å². The van der Waals surface area contributed by atoms with Crippen LogP contribution in [0.25, 0.3) is 5.69 Å². The van der Waals surface area contributed by atoms with Crippen molar-refractivity contribution in [2.75, 3.05) is 19.0 Å². The summed E-state index contributed by atoms with van der Waals surface area (Å²) in [7, 11) is 4.11. The molecule has 3 aromatic heterocycles. The summed E-state index contributed by atoms with van der Waals surface area (Å²) in [4.78, 5) is 8.99. The van der Waals surface area contributed by atoms with E-state index in [0.29, 0.717) is 11.7 Å². The van der Waals surface area contributed by atoms with Crippen molar-refractivity contribution in [2.24, 2.45) is 0 Å². The number of aromatic nitrogens is 2. The van der Waals surface area contributed by atoms with Gasteiger partial charge in [-0.05, 0) is 86.2 Å². The van der Waals surface area contributed by atoms with Gasteiger partial charge in [-0.25, -0.2) is 0 Å². The van der Waals surface area contributed by atoms with E-state index in [4.69, 9.17) is 16.6 Å². The maximum Gasteiger partial charge on any atom is 0.170 e. The number of rotatable bonds is 6. The van der Waals surface area contributed by atoms with E-state index in [1.54, 1.807) is 6.26 Å². The number of benzene rings is 1. The lowest BCUT2D eigenvalue weighted by Crippen LogP contribution is -2.29. The van der Waals surface area contributed by atoms with Gasteiger partial charge in [-0.1, -0.05) is 6.07 Å². The van der Waals surface area contributed by atoms with Crippen molar-refractivity contribution in [3.05, 3.63) is 102 Å². The van der Waals surface area contributed by atoms with Crippen molar-refractivity contribution in [3.8, 4) is 5.69 Å². The van der Waals surface area contributed by atoms with Crippen LogP contribution in [-0.2, 0) is 6.54 Å². The number of furan rings is 1. The Hall–Kier alpha value is -3.58. The molecule has 0 aliphatic carbocycles. The smallest absolute Gasteiger partial charge is 0.170 e. The van der Waals surface area contributed by atoms with Crippen molar-refractivity contribution in [1.29, 1.82) is 0 Å². The topological polar surface area (TPSA) is 49.5 Å². The summed E-state index contributed by atoms with van der Waals surface area (Å²) in [6.07, 6.45) is 3.54. The Kier molecular flexibility index (Phi) is 5.87. The highest BCUT2D eigenvalue weighted by molar-refractivity contribution is 7.80. The maximum atomic E-state index is 5.82. The Morgan fingerprint density at radius 2 is 1.85 bits per heavy atom. The zero-order chi connectivity index (χ0) is 23.8. The van der Waals surface area contributed by atoms with E-state index < -0.39 is 0 Å². The van der Waals surface area contributed by atoms with Crippen LogP contribution in [0.3, 0.4) is 0 Å². The van der Waals surface area contributed by atoms with Gasteiger partial charge in [-0.3, -0.25) is 4.98 Å². The molecule has 0 bridgehead atoms. The second kappa shape index (κ2) is 8.99. The monoisotopic (exact) mass is 471 g/mol. The number of nitrogens with zero attached hydrogens (tertiary/aromatic N) is 4. The van der Waals surface area contributed by atoms with Gasteiger partial charge in [-0.15, -0.1) is 0 Å². The predicted octanol–water partition coefficient (Wildman–Crippen LogP) is 5.32. The number of hydrogen-bond acceptors (Lipinski definition) is 4. The van der Waals surface area contributed by atoms with E-state index in [1.165, 1.54) is 22.6 Å². The molecule has 1 fully saturated rings.